The fraction of sp³-hybridized carbons (Fsp3) is 0.267. The number of anilines is 1. The van der Waals surface area contributed by atoms with Crippen molar-refractivity contribution in [2.45, 2.75) is 17.7 Å². The molecular weight excluding hydrogens is 388 g/mol. The van der Waals surface area contributed by atoms with Crippen LogP contribution in [0.2, 0.25) is 0 Å². The van der Waals surface area contributed by atoms with Gasteiger partial charge in [-0.05, 0) is 19.1 Å². The first-order chi connectivity index (χ1) is 12.4. The number of Topliss-reactive ketones (excluding diaryl/α,β-unsaturated/α-hetero) is 1. The van der Waals surface area contributed by atoms with Gasteiger partial charge in [0.1, 0.15) is 23.6 Å². The van der Waals surface area contributed by atoms with Gasteiger partial charge >= 0.3 is 5.97 Å². The molecule has 2 rings (SSSR count). The molecule has 0 saturated carbocycles. The Hall–Kier alpha value is -2.40. The molecule has 0 fully saturated rings. The molecule has 0 aliphatic carbocycles. The molecule has 2 aromatic rings. The van der Waals surface area contributed by atoms with Gasteiger partial charge in [0.05, 0.1) is 12.4 Å². The van der Waals surface area contributed by atoms with E-state index in [2.05, 4.69) is 20.3 Å². The molecule has 1 aromatic heterocycles. The number of nitrogens with zero attached hydrogens (tertiary/aromatic N) is 2. The van der Waals surface area contributed by atoms with Crippen LogP contribution in [-0.2, 0) is 14.3 Å². The zero-order valence-electron chi connectivity index (χ0n) is 13.5. The first kappa shape index (κ1) is 19.9. The number of thioether (sulfide) groups is 1. The highest BCUT2D eigenvalue weighted by molar-refractivity contribution is 8.01. The van der Waals surface area contributed by atoms with Gasteiger partial charge < -0.3 is 4.74 Å². The number of hydrogen-bond acceptors (Lipinski definition) is 8. The molecule has 26 heavy (non-hydrogen) atoms. The van der Waals surface area contributed by atoms with Gasteiger partial charge in [-0.2, -0.15) is 0 Å². The minimum Gasteiger partial charge on any atom is -0.466 e. The Morgan fingerprint density at radius 1 is 1.23 bits per heavy atom. The number of ether oxygens (including phenoxy) is 1. The van der Waals surface area contributed by atoms with Crippen LogP contribution in [0.1, 0.15) is 23.7 Å². The monoisotopic (exact) mass is 401 g/mol. The van der Waals surface area contributed by atoms with Crippen molar-refractivity contribution in [2.75, 3.05) is 17.7 Å². The Labute approximate surface area is 155 Å². The first-order valence-corrected chi connectivity index (χ1v) is 9.10. The lowest BCUT2D eigenvalue weighted by Crippen LogP contribution is -2.15. The van der Waals surface area contributed by atoms with E-state index < -0.39 is 29.1 Å². The molecule has 0 atom stereocenters. The largest absolute Gasteiger partial charge is 0.466 e. The minimum atomic E-state index is -0.994. The van der Waals surface area contributed by atoms with Crippen LogP contribution in [0.4, 0.5) is 13.9 Å². The first-order valence-electron chi connectivity index (χ1n) is 7.29. The standard InChI is InChI=1S/C15H13F2N3O4S2/c1-2-24-11(22)6-8(21)7-25-15-20-19-14(26-15)18-13(23)12-9(16)4-3-5-10(12)17/h3-5H,2,6-7H2,1H3,(H,18,19,23). The van der Waals surface area contributed by atoms with Gasteiger partial charge in [0.15, 0.2) is 10.1 Å². The number of ketones is 1. The highest BCUT2D eigenvalue weighted by Gasteiger charge is 2.19. The average Bonchev–Trinajstić information content (AvgIpc) is 3.00. The van der Waals surface area contributed by atoms with Crippen molar-refractivity contribution in [2.24, 2.45) is 0 Å². The van der Waals surface area contributed by atoms with E-state index >= 15 is 0 Å². The number of halogens is 2. The van der Waals surface area contributed by atoms with Crippen molar-refractivity contribution in [3.8, 4) is 0 Å². The Kier molecular flexibility index (Phi) is 7.16. The fourth-order valence-corrected chi connectivity index (χ4v) is 3.37. The van der Waals surface area contributed by atoms with Gasteiger partial charge in [0.25, 0.3) is 5.91 Å². The van der Waals surface area contributed by atoms with Crippen LogP contribution in [0, 0.1) is 11.6 Å². The molecule has 1 aromatic carbocycles. The summed E-state index contributed by atoms with van der Waals surface area (Å²) in [7, 11) is 0. The number of nitrogens with one attached hydrogen (secondary N) is 1. The second-order valence-electron chi connectivity index (χ2n) is 4.73. The van der Waals surface area contributed by atoms with E-state index in [9.17, 15) is 23.2 Å². The van der Waals surface area contributed by atoms with E-state index in [1.54, 1.807) is 6.92 Å². The second kappa shape index (κ2) is 9.34. The summed E-state index contributed by atoms with van der Waals surface area (Å²) in [5, 5.41) is 9.71. The van der Waals surface area contributed by atoms with Crippen molar-refractivity contribution < 1.29 is 27.9 Å². The van der Waals surface area contributed by atoms with Crippen LogP contribution in [-0.4, -0.2) is 40.2 Å². The third kappa shape index (κ3) is 5.56. The molecule has 0 aliphatic heterocycles. The number of rotatable bonds is 8. The highest BCUT2D eigenvalue weighted by atomic mass is 32.2. The zero-order valence-corrected chi connectivity index (χ0v) is 15.1. The Bertz CT molecular complexity index is 809. The zero-order chi connectivity index (χ0) is 19.1. The van der Waals surface area contributed by atoms with Crippen LogP contribution in [0.5, 0.6) is 0 Å². The number of esters is 1. The normalized spacial score (nSPS) is 10.4. The maximum atomic E-state index is 13.6. The van der Waals surface area contributed by atoms with E-state index in [1.807, 2.05) is 0 Å². The quantitative estimate of drug-likeness (QED) is 0.314. The summed E-state index contributed by atoms with van der Waals surface area (Å²) in [6.45, 7) is 1.84. The summed E-state index contributed by atoms with van der Waals surface area (Å²) in [6.07, 6.45) is -0.338. The third-order valence-corrected chi connectivity index (χ3v) is 4.85. The predicted molar refractivity (Wildman–Crippen MR) is 91.2 cm³/mol. The number of carbonyl (C=O) groups is 3. The molecule has 1 heterocycles. The third-order valence-electron chi connectivity index (χ3n) is 2.82. The average molecular weight is 401 g/mol. The van der Waals surface area contributed by atoms with Crippen LogP contribution >= 0.6 is 23.1 Å². The SMILES string of the molecule is CCOC(=O)CC(=O)CSc1nnc(NC(=O)c2c(F)cccc2F)s1. The van der Waals surface area contributed by atoms with Gasteiger partial charge in [-0.3, -0.25) is 19.7 Å². The van der Waals surface area contributed by atoms with Crippen LogP contribution < -0.4 is 5.32 Å². The number of hydrogen-bond donors (Lipinski definition) is 1. The summed E-state index contributed by atoms with van der Waals surface area (Å²) < 4.78 is 32.2. The lowest BCUT2D eigenvalue weighted by Gasteiger charge is -2.03. The molecule has 0 bridgehead atoms. The lowest BCUT2D eigenvalue weighted by molar-refractivity contribution is -0.145. The summed E-state index contributed by atoms with van der Waals surface area (Å²) in [6, 6.07) is 3.08. The molecule has 0 spiro atoms. The topological polar surface area (TPSA) is 98.2 Å². The molecule has 0 saturated heterocycles. The van der Waals surface area contributed by atoms with Crippen LogP contribution in [0.25, 0.3) is 0 Å². The van der Waals surface area contributed by atoms with Gasteiger partial charge in [0, 0.05) is 0 Å². The summed E-state index contributed by atoms with van der Waals surface area (Å²) in [4.78, 5) is 34.8. The number of carbonyl (C=O) groups excluding carboxylic acids is 3. The van der Waals surface area contributed by atoms with Gasteiger partial charge in [-0.1, -0.05) is 29.2 Å². The highest BCUT2D eigenvalue weighted by Crippen LogP contribution is 2.26. The predicted octanol–water partition coefficient (Wildman–Crippen LogP) is 2.68. The van der Waals surface area contributed by atoms with E-state index in [1.165, 1.54) is 0 Å². The summed E-state index contributed by atoms with van der Waals surface area (Å²) >= 11 is 1.96. The van der Waals surface area contributed by atoms with Crippen molar-refractivity contribution in [1.82, 2.24) is 10.2 Å². The molecular formula is C15H13F2N3O4S2. The Morgan fingerprint density at radius 3 is 2.58 bits per heavy atom. The van der Waals surface area contributed by atoms with E-state index in [-0.39, 0.29) is 29.7 Å². The number of benzene rings is 1. The Balaban J connectivity index is 1.90. The fourth-order valence-electron chi connectivity index (χ4n) is 1.76. The number of aromatic nitrogens is 2. The van der Waals surface area contributed by atoms with Crippen molar-refractivity contribution in [3.63, 3.8) is 0 Å². The second-order valence-corrected chi connectivity index (χ2v) is 6.93. The molecule has 138 valence electrons. The molecule has 0 aliphatic rings. The maximum absolute atomic E-state index is 13.6. The molecule has 1 amide bonds. The molecule has 1 N–H and O–H groups in total. The molecule has 11 heteroatoms. The van der Waals surface area contributed by atoms with E-state index in [0.29, 0.717) is 4.34 Å². The Morgan fingerprint density at radius 2 is 1.92 bits per heavy atom. The van der Waals surface area contributed by atoms with Gasteiger partial charge in [-0.25, -0.2) is 8.78 Å². The van der Waals surface area contributed by atoms with E-state index in [4.69, 9.17) is 0 Å². The van der Waals surface area contributed by atoms with Crippen molar-refractivity contribution in [1.29, 1.82) is 0 Å². The lowest BCUT2D eigenvalue weighted by atomic mass is 10.2. The van der Waals surface area contributed by atoms with Crippen molar-refractivity contribution in [3.05, 3.63) is 35.4 Å². The summed E-state index contributed by atoms with van der Waals surface area (Å²) in [5.41, 5.74) is -0.721. The van der Waals surface area contributed by atoms with Crippen molar-refractivity contribution >= 4 is 45.9 Å². The molecule has 0 unspecified atom stereocenters. The summed E-state index contributed by atoms with van der Waals surface area (Å²) in [5.74, 6) is -3.95. The smallest absolute Gasteiger partial charge is 0.313 e. The van der Waals surface area contributed by atoms with Gasteiger partial charge in [0.2, 0.25) is 5.13 Å². The minimum absolute atomic E-state index is 0.0245. The van der Waals surface area contributed by atoms with Gasteiger partial charge in [-0.15, -0.1) is 10.2 Å². The van der Waals surface area contributed by atoms with Crippen LogP contribution in [0.15, 0.2) is 22.5 Å². The van der Waals surface area contributed by atoms with E-state index in [0.717, 1.165) is 41.3 Å². The molecule has 7 nitrogen and oxygen atoms in total. The molecule has 0 radical (unpaired) electrons. The van der Waals surface area contributed by atoms with Crippen LogP contribution in [0.3, 0.4) is 0 Å². The maximum Gasteiger partial charge on any atom is 0.313 e. The number of amides is 1.